The number of carbonyl (C=O) groups excluding carboxylic acids is 1. The topological polar surface area (TPSA) is 58.4 Å². The van der Waals surface area contributed by atoms with Gasteiger partial charge >= 0.3 is 0 Å². The van der Waals surface area contributed by atoms with Gasteiger partial charge in [0.25, 0.3) is 5.91 Å². The summed E-state index contributed by atoms with van der Waals surface area (Å²) < 4.78 is 5.57. The fraction of sp³-hybridized carbons (Fsp3) is 0.167. The largest absolute Gasteiger partial charge is 0.459 e. The van der Waals surface area contributed by atoms with Gasteiger partial charge in [-0.15, -0.1) is 0 Å². The third-order valence-electron chi connectivity index (χ3n) is 5.50. The van der Waals surface area contributed by atoms with E-state index in [1.165, 1.54) is 11.3 Å². The Hall–Kier alpha value is -3.60. The highest BCUT2D eigenvalue weighted by molar-refractivity contribution is 6.04. The molecule has 0 radical (unpaired) electrons. The highest BCUT2D eigenvalue weighted by Crippen LogP contribution is 2.33. The van der Waals surface area contributed by atoms with Crippen molar-refractivity contribution in [1.29, 1.82) is 0 Å². The number of benzene rings is 2. The number of carbonyl (C=O) groups is 1. The molecule has 1 atom stereocenters. The van der Waals surface area contributed by atoms with Crippen LogP contribution in [-0.2, 0) is 13.0 Å². The zero-order chi connectivity index (χ0) is 19.8. The number of amides is 1. The number of para-hydroxylation sites is 1. The molecule has 0 bridgehead atoms. The van der Waals surface area contributed by atoms with Crippen molar-refractivity contribution in [1.82, 2.24) is 4.98 Å². The standard InChI is InChI=1S/C24H21N3O2/c1-16-13-18-5-2-3-7-22(18)27(16)15-19-10-12-29-23(19)24(28)26-20-8-9-21-17(14-20)6-4-11-25-21/h2-12,14,16H,13,15H2,1H3,(H,26,28). The Labute approximate surface area is 169 Å². The lowest BCUT2D eigenvalue weighted by molar-refractivity contribution is 0.0995. The van der Waals surface area contributed by atoms with E-state index in [9.17, 15) is 4.79 Å². The van der Waals surface area contributed by atoms with Crippen molar-refractivity contribution in [2.45, 2.75) is 25.9 Å². The molecular weight excluding hydrogens is 362 g/mol. The number of hydrogen-bond acceptors (Lipinski definition) is 4. The van der Waals surface area contributed by atoms with Crippen LogP contribution in [0.5, 0.6) is 0 Å². The number of aromatic nitrogens is 1. The van der Waals surface area contributed by atoms with E-state index >= 15 is 0 Å². The number of furan rings is 1. The smallest absolute Gasteiger partial charge is 0.291 e. The number of nitrogens with one attached hydrogen (secondary N) is 1. The molecule has 4 aromatic rings. The van der Waals surface area contributed by atoms with Crippen molar-refractivity contribution in [2.75, 3.05) is 10.2 Å². The first-order valence-electron chi connectivity index (χ1n) is 9.76. The molecule has 1 aliphatic rings. The van der Waals surface area contributed by atoms with E-state index in [2.05, 4.69) is 46.4 Å². The number of rotatable bonds is 4. The fourth-order valence-corrected chi connectivity index (χ4v) is 4.05. The molecule has 0 saturated carbocycles. The quantitative estimate of drug-likeness (QED) is 0.537. The SMILES string of the molecule is CC1Cc2ccccc2N1Cc1ccoc1C(=O)Nc1ccc2ncccc2c1. The molecule has 2 aromatic carbocycles. The molecule has 5 heteroatoms. The molecule has 0 saturated heterocycles. The van der Waals surface area contributed by atoms with Crippen molar-refractivity contribution >= 4 is 28.2 Å². The zero-order valence-electron chi connectivity index (χ0n) is 16.1. The Morgan fingerprint density at radius 2 is 2.07 bits per heavy atom. The van der Waals surface area contributed by atoms with Gasteiger partial charge < -0.3 is 14.6 Å². The van der Waals surface area contributed by atoms with E-state index in [4.69, 9.17) is 4.42 Å². The van der Waals surface area contributed by atoms with Crippen LogP contribution in [0.2, 0.25) is 0 Å². The lowest BCUT2D eigenvalue weighted by Gasteiger charge is -2.24. The lowest BCUT2D eigenvalue weighted by atomic mass is 10.1. The minimum atomic E-state index is -0.242. The van der Waals surface area contributed by atoms with Gasteiger partial charge in [0.15, 0.2) is 5.76 Å². The first kappa shape index (κ1) is 17.5. The van der Waals surface area contributed by atoms with Crippen LogP contribution in [0.15, 0.2) is 77.5 Å². The Balaban J connectivity index is 1.37. The summed E-state index contributed by atoms with van der Waals surface area (Å²) >= 11 is 0. The molecule has 29 heavy (non-hydrogen) atoms. The average Bonchev–Trinajstić information content (AvgIpc) is 3.33. The van der Waals surface area contributed by atoms with Crippen LogP contribution in [-0.4, -0.2) is 16.9 Å². The summed E-state index contributed by atoms with van der Waals surface area (Å²) in [5.74, 6) is 0.112. The first-order chi connectivity index (χ1) is 14.2. The second-order valence-corrected chi connectivity index (χ2v) is 7.45. The molecule has 0 spiro atoms. The van der Waals surface area contributed by atoms with E-state index in [0.29, 0.717) is 18.3 Å². The average molecular weight is 383 g/mol. The highest BCUT2D eigenvalue weighted by atomic mass is 16.3. The molecule has 144 valence electrons. The highest BCUT2D eigenvalue weighted by Gasteiger charge is 2.27. The summed E-state index contributed by atoms with van der Waals surface area (Å²) in [4.78, 5) is 19.5. The molecule has 2 aromatic heterocycles. The van der Waals surface area contributed by atoms with Crippen LogP contribution in [0.25, 0.3) is 10.9 Å². The molecule has 1 aliphatic heterocycles. The van der Waals surface area contributed by atoms with Gasteiger partial charge in [-0.2, -0.15) is 0 Å². The van der Waals surface area contributed by atoms with Crippen molar-refractivity contribution < 1.29 is 9.21 Å². The molecule has 1 unspecified atom stereocenters. The maximum Gasteiger partial charge on any atom is 0.291 e. The van der Waals surface area contributed by atoms with Crippen LogP contribution < -0.4 is 10.2 Å². The Morgan fingerprint density at radius 1 is 1.17 bits per heavy atom. The number of anilines is 2. The van der Waals surface area contributed by atoms with Gasteiger partial charge in [-0.05, 0) is 55.3 Å². The maximum absolute atomic E-state index is 12.9. The zero-order valence-corrected chi connectivity index (χ0v) is 16.1. The van der Waals surface area contributed by atoms with Crippen molar-refractivity contribution in [2.24, 2.45) is 0 Å². The minimum absolute atomic E-state index is 0.242. The predicted molar refractivity (Wildman–Crippen MR) is 114 cm³/mol. The number of nitrogens with zero attached hydrogens (tertiary/aromatic N) is 2. The number of pyridine rings is 1. The monoisotopic (exact) mass is 383 g/mol. The summed E-state index contributed by atoms with van der Waals surface area (Å²) in [5, 5.41) is 3.93. The lowest BCUT2D eigenvalue weighted by Crippen LogP contribution is -2.29. The maximum atomic E-state index is 12.9. The van der Waals surface area contributed by atoms with Crippen LogP contribution in [0, 0.1) is 0 Å². The van der Waals surface area contributed by atoms with Crippen LogP contribution >= 0.6 is 0 Å². The molecule has 0 fully saturated rings. The fourth-order valence-electron chi connectivity index (χ4n) is 4.05. The molecule has 5 nitrogen and oxygen atoms in total. The van der Waals surface area contributed by atoms with Crippen LogP contribution in [0.3, 0.4) is 0 Å². The van der Waals surface area contributed by atoms with Crippen LogP contribution in [0.4, 0.5) is 11.4 Å². The van der Waals surface area contributed by atoms with Gasteiger partial charge in [0.2, 0.25) is 0 Å². The Bertz CT molecular complexity index is 1200. The van der Waals surface area contributed by atoms with Gasteiger partial charge in [-0.1, -0.05) is 24.3 Å². The molecule has 5 rings (SSSR count). The summed E-state index contributed by atoms with van der Waals surface area (Å²) in [6, 6.07) is 20.2. The van der Waals surface area contributed by atoms with E-state index in [1.54, 1.807) is 12.5 Å². The summed E-state index contributed by atoms with van der Waals surface area (Å²) in [6.07, 6.45) is 4.36. The second kappa shape index (κ2) is 7.09. The Morgan fingerprint density at radius 3 is 3.00 bits per heavy atom. The van der Waals surface area contributed by atoms with Gasteiger partial charge in [0.1, 0.15) is 0 Å². The summed E-state index contributed by atoms with van der Waals surface area (Å²) in [5.41, 5.74) is 5.07. The van der Waals surface area contributed by atoms with Crippen LogP contribution in [0.1, 0.15) is 28.6 Å². The third kappa shape index (κ3) is 3.25. The first-order valence-corrected chi connectivity index (χ1v) is 9.76. The van der Waals surface area contributed by atoms with Gasteiger partial charge in [-0.3, -0.25) is 9.78 Å². The molecule has 3 heterocycles. The van der Waals surface area contributed by atoms with Crippen molar-refractivity contribution in [3.8, 4) is 0 Å². The van der Waals surface area contributed by atoms with E-state index < -0.39 is 0 Å². The predicted octanol–water partition coefficient (Wildman–Crippen LogP) is 5.03. The third-order valence-corrected chi connectivity index (χ3v) is 5.50. The normalized spacial score (nSPS) is 15.5. The van der Waals surface area contributed by atoms with Crippen molar-refractivity contribution in [3.05, 3.63) is 90.0 Å². The summed E-state index contributed by atoms with van der Waals surface area (Å²) in [7, 11) is 0. The summed E-state index contributed by atoms with van der Waals surface area (Å²) in [6.45, 7) is 2.85. The minimum Gasteiger partial charge on any atom is -0.459 e. The van der Waals surface area contributed by atoms with E-state index in [1.807, 2.05) is 36.4 Å². The van der Waals surface area contributed by atoms with Gasteiger partial charge in [0.05, 0.1) is 11.8 Å². The molecule has 1 amide bonds. The molecule has 1 N–H and O–H groups in total. The van der Waals surface area contributed by atoms with Gasteiger partial charge in [-0.25, -0.2) is 0 Å². The van der Waals surface area contributed by atoms with E-state index in [-0.39, 0.29) is 5.91 Å². The molecular formula is C24H21N3O2. The van der Waals surface area contributed by atoms with E-state index in [0.717, 1.165) is 28.6 Å². The Kier molecular flexibility index (Phi) is 4.28. The second-order valence-electron chi connectivity index (χ2n) is 7.45. The van der Waals surface area contributed by atoms with Crippen molar-refractivity contribution in [3.63, 3.8) is 0 Å². The number of hydrogen-bond donors (Lipinski definition) is 1. The number of fused-ring (bicyclic) bond motifs is 2. The van der Waals surface area contributed by atoms with Gasteiger partial charge in [0, 0.05) is 41.1 Å². The molecule has 0 aliphatic carbocycles.